The SMILES string of the molecule is CCOc1ccc(SCC(=O)NCc2ccc(C(=O)NC)cc2)cc1. The Kier molecular flexibility index (Phi) is 7.35. The highest BCUT2D eigenvalue weighted by Gasteiger charge is 2.05. The molecule has 0 aliphatic carbocycles. The van der Waals surface area contributed by atoms with E-state index in [1.165, 1.54) is 11.8 Å². The van der Waals surface area contributed by atoms with Crippen molar-refractivity contribution in [2.24, 2.45) is 0 Å². The first-order valence-corrected chi connectivity index (χ1v) is 9.04. The minimum Gasteiger partial charge on any atom is -0.494 e. The summed E-state index contributed by atoms with van der Waals surface area (Å²) in [4.78, 5) is 24.5. The zero-order chi connectivity index (χ0) is 18.1. The molecule has 0 bridgehead atoms. The van der Waals surface area contributed by atoms with Crippen LogP contribution in [0, 0.1) is 0 Å². The molecule has 2 aromatic rings. The van der Waals surface area contributed by atoms with Gasteiger partial charge < -0.3 is 15.4 Å². The van der Waals surface area contributed by atoms with Crippen LogP contribution in [0.1, 0.15) is 22.8 Å². The van der Waals surface area contributed by atoms with Crippen molar-refractivity contribution in [3.05, 3.63) is 59.7 Å². The monoisotopic (exact) mass is 358 g/mol. The number of amides is 2. The standard InChI is InChI=1S/C19H22N2O3S/c1-3-24-16-8-10-17(11-9-16)25-13-18(22)21-12-14-4-6-15(7-5-14)19(23)20-2/h4-11H,3,12-13H2,1-2H3,(H,20,23)(H,21,22). The number of nitrogens with one attached hydrogen (secondary N) is 2. The minimum absolute atomic E-state index is 0.0331. The normalized spacial score (nSPS) is 10.2. The summed E-state index contributed by atoms with van der Waals surface area (Å²) < 4.78 is 5.39. The number of hydrogen-bond donors (Lipinski definition) is 2. The predicted octanol–water partition coefficient (Wildman–Crippen LogP) is 2.85. The third kappa shape index (κ3) is 6.15. The average molecular weight is 358 g/mol. The Bertz CT molecular complexity index is 700. The van der Waals surface area contributed by atoms with E-state index >= 15 is 0 Å². The molecule has 0 radical (unpaired) electrons. The summed E-state index contributed by atoms with van der Waals surface area (Å²) in [7, 11) is 1.60. The van der Waals surface area contributed by atoms with Crippen LogP contribution in [0.4, 0.5) is 0 Å². The predicted molar refractivity (Wildman–Crippen MR) is 100 cm³/mol. The first kappa shape index (κ1) is 18.9. The fraction of sp³-hybridized carbons (Fsp3) is 0.263. The Morgan fingerprint density at radius 2 is 1.72 bits per heavy atom. The van der Waals surface area contributed by atoms with Gasteiger partial charge in [-0.15, -0.1) is 11.8 Å². The molecule has 0 atom stereocenters. The van der Waals surface area contributed by atoms with Gasteiger partial charge in [0, 0.05) is 24.1 Å². The minimum atomic E-state index is -0.123. The smallest absolute Gasteiger partial charge is 0.251 e. The number of carbonyl (C=O) groups is 2. The van der Waals surface area contributed by atoms with Crippen molar-refractivity contribution in [1.82, 2.24) is 10.6 Å². The number of benzene rings is 2. The van der Waals surface area contributed by atoms with Crippen molar-refractivity contribution < 1.29 is 14.3 Å². The quantitative estimate of drug-likeness (QED) is 0.712. The molecule has 2 N–H and O–H groups in total. The highest BCUT2D eigenvalue weighted by molar-refractivity contribution is 8.00. The lowest BCUT2D eigenvalue weighted by atomic mass is 10.1. The van der Waals surface area contributed by atoms with Gasteiger partial charge in [0.15, 0.2) is 0 Å². The van der Waals surface area contributed by atoms with Gasteiger partial charge in [-0.05, 0) is 48.9 Å². The summed E-state index contributed by atoms with van der Waals surface area (Å²) in [6.45, 7) is 3.02. The van der Waals surface area contributed by atoms with Crippen molar-refractivity contribution in [3.8, 4) is 5.75 Å². The average Bonchev–Trinajstić information content (AvgIpc) is 2.66. The topological polar surface area (TPSA) is 67.4 Å². The molecule has 0 heterocycles. The summed E-state index contributed by atoms with van der Waals surface area (Å²) in [6, 6.07) is 14.9. The molecule has 0 aromatic heterocycles. The van der Waals surface area contributed by atoms with Gasteiger partial charge in [0.25, 0.3) is 5.91 Å². The van der Waals surface area contributed by atoms with Gasteiger partial charge in [-0.3, -0.25) is 9.59 Å². The summed E-state index contributed by atoms with van der Waals surface area (Å²) in [5.41, 5.74) is 1.55. The van der Waals surface area contributed by atoms with Crippen LogP contribution >= 0.6 is 11.8 Å². The summed E-state index contributed by atoms with van der Waals surface area (Å²) in [6.07, 6.45) is 0. The van der Waals surface area contributed by atoms with Crippen molar-refractivity contribution >= 4 is 23.6 Å². The summed E-state index contributed by atoms with van der Waals surface area (Å²) in [5.74, 6) is 1.03. The van der Waals surface area contributed by atoms with E-state index in [0.29, 0.717) is 24.5 Å². The van der Waals surface area contributed by atoms with E-state index in [0.717, 1.165) is 16.2 Å². The molecule has 5 nitrogen and oxygen atoms in total. The molecular formula is C19H22N2O3S. The molecule has 132 valence electrons. The van der Waals surface area contributed by atoms with Crippen LogP contribution in [-0.2, 0) is 11.3 Å². The van der Waals surface area contributed by atoms with Gasteiger partial charge in [-0.1, -0.05) is 12.1 Å². The van der Waals surface area contributed by atoms with Crippen molar-refractivity contribution in [3.63, 3.8) is 0 Å². The Morgan fingerprint density at radius 1 is 1.04 bits per heavy atom. The van der Waals surface area contributed by atoms with Crippen LogP contribution in [0.3, 0.4) is 0 Å². The van der Waals surface area contributed by atoms with Crippen molar-refractivity contribution in [2.45, 2.75) is 18.4 Å². The fourth-order valence-electron chi connectivity index (χ4n) is 2.12. The maximum atomic E-state index is 12.0. The lowest BCUT2D eigenvalue weighted by Gasteiger charge is -2.07. The van der Waals surface area contributed by atoms with E-state index in [1.807, 2.05) is 43.3 Å². The molecule has 2 aromatic carbocycles. The molecule has 2 rings (SSSR count). The number of rotatable bonds is 8. The van der Waals surface area contributed by atoms with Crippen LogP contribution < -0.4 is 15.4 Å². The van der Waals surface area contributed by atoms with Gasteiger partial charge in [0.05, 0.1) is 12.4 Å². The Balaban J connectivity index is 1.75. The lowest BCUT2D eigenvalue weighted by molar-refractivity contribution is -0.118. The van der Waals surface area contributed by atoms with E-state index in [2.05, 4.69) is 10.6 Å². The van der Waals surface area contributed by atoms with E-state index < -0.39 is 0 Å². The molecular weight excluding hydrogens is 336 g/mol. The Morgan fingerprint density at radius 3 is 2.32 bits per heavy atom. The van der Waals surface area contributed by atoms with Gasteiger partial charge >= 0.3 is 0 Å². The number of carbonyl (C=O) groups excluding carboxylic acids is 2. The second kappa shape index (κ2) is 9.74. The molecule has 0 unspecified atom stereocenters. The second-order valence-electron chi connectivity index (χ2n) is 5.25. The maximum Gasteiger partial charge on any atom is 0.251 e. The number of hydrogen-bond acceptors (Lipinski definition) is 4. The van der Waals surface area contributed by atoms with E-state index in [-0.39, 0.29) is 11.8 Å². The summed E-state index contributed by atoms with van der Waals surface area (Å²) in [5, 5.41) is 5.45. The van der Waals surface area contributed by atoms with Crippen LogP contribution in [0.5, 0.6) is 5.75 Å². The first-order chi connectivity index (χ1) is 12.1. The third-order valence-corrected chi connectivity index (χ3v) is 4.45. The molecule has 6 heteroatoms. The van der Waals surface area contributed by atoms with Gasteiger partial charge in [-0.2, -0.15) is 0 Å². The maximum absolute atomic E-state index is 12.0. The second-order valence-corrected chi connectivity index (χ2v) is 6.29. The molecule has 2 amide bonds. The molecule has 0 aliphatic heterocycles. The zero-order valence-electron chi connectivity index (χ0n) is 14.4. The largest absolute Gasteiger partial charge is 0.494 e. The van der Waals surface area contributed by atoms with Crippen LogP contribution in [-0.4, -0.2) is 31.2 Å². The van der Waals surface area contributed by atoms with E-state index in [1.54, 1.807) is 19.2 Å². The van der Waals surface area contributed by atoms with Crippen molar-refractivity contribution in [2.75, 3.05) is 19.4 Å². The van der Waals surface area contributed by atoms with E-state index in [4.69, 9.17) is 4.74 Å². The molecule has 25 heavy (non-hydrogen) atoms. The Hall–Kier alpha value is -2.47. The number of ether oxygens (including phenoxy) is 1. The molecule has 0 aliphatic rings. The van der Waals surface area contributed by atoms with Crippen molar-refractivity contribution in [1.29, 1.82) is 0 Å². The van der Waals surface area contributed by atoms with Gasteiger partial charge in [0.1, 0.15) is 5.75 Å². The first-order valence-electron chi connectivity index (χ1n) is 8.05. The van der Waals surface area contributed by atoms with Crippen LogP contribution in [0.25, 0.3) is 0 Å². The third-order valence-electron chi connectivity index (χ3n) is 3.44. The Labute approximate surface area is 152 Å². The van der Waals surface area contributed by atoms with Crippen LogP contribution in [0.15, 0.2) is 53.4 Å². The summed E-state index contributed by atoms with van der Waals surface area (Å²) >= 11 is 1.48. The highest BCUT2D eigenvalue weighted by Crippen LogP contribution is 2.21. The lowest BCUT2D eigenvalue weighted by Crippen LogP contribution is -2.24. The fourth-order valence-corrected chi connectivity index (χ4v) is 2.85. The van der Waals surface area contributed by atoms with Gasteiger partial charge in [0.2, 0.25) is 5.91 Å². The molecule has 0 fully saturated rings. The molecule has 0 spiro atoms. The van der Waals surface area contributed by atoms with Gasteiger partial charge in [-0.25, -0.2) is 0 Å². The van der Waals surface area contributed by atoms with Crippen LogP contribution in [0.2, 0.25) is 0 Å². The molecule has 0 saturated heterocycles. The number of thioether (sulfide) groups is 1. The highest BCUT2D eigenvalue weighted by atomic mass is 32.2. The molecule has 0 saturated carbocycles. The van der Waals surface area contributed by atoms with E-state index in [9.17, 15) is 9.59 Å². The zero-order valence-corrected chi connectivity index (χ0v) is 15.2.